The molecular weight excluding hydrogens is 242 g/mol. The van der Waals surface area contributed by atoms with Gasteiger partial charge in [0.1, 0.15) is 12.3 Å². The number of hydrogen-bond donors (Lipinski definition) is 1. The van der Waals surface area contributed by atoms with Gasteiger partial charge in [-0.25, -0.2) is 0 Å². The quantitative estimate of drug-likeness (QED) is 0.832. The zero-order valence-electron chi connectivity index (χ0n) is 11.1. The Morgan fingerprint density at radius 1 is 1.53 bits per heavy atom. The molecule has 0 spiro atoms. The van der Waals surface area contributed by atoms with Crippen LogP contribution in [-0.4, -0.2) is 18.6 Å². The lowest BCUT2D eigenvalue weighted by Gasteiger charge is -2.35. The lowest BCUT2D eigenvalue weighted by molar-refractivity contribution is -0.128. The van der Waals surface area contributed by atoms with E-state index < -0.39 is 6.10 Å². The van der Waals surface area contributed by atoms with Crippen LogP contribution in [0.1, 0.15) is 19.4 Å². The second kappa shape index (κ2) is 5.29. The molecule has 0 radical (unpaired) electrons. The number of anilines is 1. The maximum atomic E-state index is 12.3. The van der Waals surface area contributed by atoms with Crippen LogP contribution in [0.3, 0.4) is 0 Å². The summed E-state index contributed by atoms with van der Waals surface area (Å²) in [4.78, 5) is 13.8. The zero-order chi connectivity index (χ0) is 14.0. The Labute approximate surface area is 112 Å². The van der Waals surface area contributed by atoms with Crippen molar-refractivity contribution < 1.29 is 9.53 Å². The van der Waals surface area contributed by atoms with Crippen LogP contribution in [0.4, 0.5) is 5.69 Å². The highest BCUT2D eigenvalue weighted by molar-refractivity contribution is 6.00. The molecule has 1 aromatic carbocycles. The SMILES string of the molecule is CC(C)C1Oc2cc(CN)ccc2N(CC#N)C1=O. The summed E-state index contributed by atoms with van der Waals surface area (Å²) in [6, 6.07) is 7.48. The first-order valence-corrected chi connectivity index (χ1v) is 6.26. The van der Waals surface area contributed by atoms with Gasteiger partial charge in [-0.05, 0) is 23.6 Å². The lowest BCUT2D eigenvalue weighted by Crippen LogP contribution is -2.48. The molecule has 1 aliphatic rings. The first-order chi connectivity index (χ1) is 9.08. The summed E-state index contributed by atoms with van der Waals surface area (Å²) in [6.45, 7) is 4.28. The molecule has 1 amide bonds. The predicted octanol–water partition coefficient (Wildman–Crippen LogP) is 1.42. The van der Waals surface area contributed by atoms with E-state index in [2.05, 4.69) is 0 Å². The van der Waals surface area contributed by atoms with E-state index in [9.17, 15) is 4.79 Å². The highest BCUT2D eigenvalue weighted by Crippen LogP contribution is 2.36. The monoisotopic (exact) mass is 259 g/mol. The van der Waals surface area contributed by atoms with E-state index in [0.717, 1.165) is 5.56 Å². The number of hydrogen-bond acceptors (Lipinski definition) is 4. The predicted molar refractivity (Wildman–Crippen MR) is 71.6 cm³/mol. The summed E-state index contributed by atoms with van der Waals surface area (Å²) in [5.41, 5.74) is 7.19. The second-order valence-electron chi connectivity index (χ2n) is 4.87. The topological polar surface area (TPSA) is 79.3 Å². The summed E-state index contributed by atoms with van der Waals surface area (Å²) in [6.07, 6.45) is -0.547. The van der Waals surface area contributed by atoms with Gasteiger partial charge in [0.05, 0.1) is 11.8 Å². The van der Waals surface area contributed by atoms with Gasteiger partial charge in [0.2, 0.25) is 0 Å². The Bertz CT molecular complexity index is 534. The third kappa shape index (κ3) is 2.40. The first-order valence-electron chi connectivity index (χ1n) is 6.26. The van der Waals surface area contributed by atoms with Crippen LogP contribution in [0.5, 0.6) is 5.75 Å². The smallest absolute Gasteiger partial charge is 0.269 e. The molecule has 0 aromatic heterocycles. The van der Waals surface area contributed by atoms with Crippen LogP contribution in [0.2, 0.25) is 0 Å². The molecule has 1 heterocycles. The fourth-order valence-electron chi connectivity index (χ4n) is 2.12. The molecule has 100 valence electrons. The summed E-state index contributed by atoms with van der Waals surface area (Å²) >= 11 is 0. The van der Waals surface area contributed by atoms with E-state index in [0.29, 0.717) is 18.0 Å². The molecule has 1 atom stereocenters. The Morgan fingerprint density at radius 3 is 2.84 bits per heavy atom. The van der Waals surface area contributed by atoms with Gasteiger partial charge in [-0.15, -0.1) is 0 Å². The van der Waals surface area contributed by atoms with Gasteiger partial charge >= 0.3 is 0 Å². The highest BCUT2D eigenvalue weighted by atomic mass is 16.5. The fraction of sp³-hybridized carbons (Fsp3) is 0.429. The molecule has 1 unspecified atom stereocenters. The normalized spacial score (nSPS) is 17.9. The fourth-order valence-corrected chi connectivity index (χ4v) is 2.12. The van der Waals surface area contributed by atoms with E-state index in [1.807, 2.05) is 32.0 Å². The molecule has 2 N–H and O–H groups in total. The third-order valence-corrected chi connectivity index (χ3v) is 3.15. The van der Waals surface area contributed by atoms with Crippen LogP contribution >= 0.6 is 0 Å². The van der Waals surface area contributed by atoms with Crippen LogP contribution < -0.4 is 15.4 Å². The number of nitriles is 1. The van der Waals surface area contributed by atoms with E-state index >= 15 is 0 Å². The molecular formula is C14H17N3O2. The zero-order valence-corrected chi connectivity index (χ0v) is 11.1. The van der Waals surface area contributed by atoms with E-state index in [4.69, 9.17) is 15.7 Å². The third-order valence-electron chi connectivity index (χ3n) is 3.15. The van der Waals surface area contributed by atoms with Gasteiger partial charge in [-0.2, -0.15) is 5.26 Å². The number of carbonyl (C=O) groups is 1. The molecule has 19 heavy (non-hydrogen) atoms. The largest absolute Gasteiger partial charge is 0.478 e. The number of ether oxygens (including phenoxy) is 1. The molecule has 2 rings (SSSR count). The van der Waals surface area contributed by atoms with Crippen LogP contribution in [0.15, 0.2) is 18.2 Å². The van der Waals surface area contributed by atoms with Crippen molar-refractivity contribution in [2.24, 2.45) is 11.7 Å². The van der Waals surface area contributed by atoms with E-state index in [1.165, 1.54) is 4.90 Å². The Kier molecular flexibility index (Phi) is 3.72. The van der Waals surface area contributed by atoms with Crippen LogP contribution in [0.25, 0.3) is 0 Å². The van der Waals surface area contributed by atoms with Gasteiger partial charge in [0.25, 0.3) is 5.91 Å². The van der Waals surface area contributed by atoms with Crippen molar-refractivity contribution in [3.63, 3.8) is 0 Å². The number of benzene rings is 1. The molecule has 0 bridgehead atoms. The Hall–Kier alpha value is -2.06. The number of nitrogens with zero attached hydrogens (tertiary/aromatic N) is 2. The maximum Gasteiger partial charge on any atom is 0.269 e. The van der Waals surface area contributed by atoms with Crippen molar-refractivity contribution in [2.75, 3.05) is 11.4 Å². The van der Waals surface area contributed by atoms with Crippen molar-refractivity contribution in [3.8, 4) is 11.8 Å². The van der Waals surface area contributed by atoms with Gasteiger partial charge in [-0.3, -0.25) is 9.69 Å². The molecule has 1 aromatic rings. The van der Waals surface area contributed by atoms with Gasteiger partial charge in [0, 0.05) is 6.54 Å². The summed E-state index contributed by atoms with van der Waals surface area (Å²) in [5.74, 6) is 0.504. The van der Waals surface area contributed by atoms with Crippen LogP contribution in [0, 0.1) is 17.2 Å². The van der Waals surface area contributed by atoms with Crippen molar-refractivity contribution in [1.82, 2.24) is 0 Å². The minimum absolute atomic E-state index is 0.0282. The molecule has 0 aliphatic carbocycles. The first kappa shape index (κ1) is 13.4. The number of rotatable bonds is 3. The van der Waals surface area contributed by atoms with Crippen LogP contribution in [-0.2, 0) is 11.3 Å². The summed E-state index contributed by atoms with van der Waals surface area (Å²) in [5, 5.41) is 8.88. The lowest BCUT2D eigenvalue weighted by atomic mass is 10.0. The number of nitrogens with two attached hydrogens (primary N) is 1. The highest BCUT2D eigenvalue weighted by Gasteiger charge is 2.36. The number of amides is 1. The second-order valence-corrected chi connectivity index (χ2v) is 4.87. The van der Waals surface area contributed by atoms with Crippen molar-refractivity contribution in [3.05, 3.63) is 23.8 Å². The molecule has 0 saturated heterocycles. The molecule has 5 nitrogen and oxygen atoms in total. The standard InChI is InChI=1S/C14H17N3O2/c1-9(2)13-14(18)17(6-5-15)11-4-3-10(8-16)7-12(11)19-13/h3-4,7,9,13H,6,8,16H2,1-2H3. The molecule has 5 heteroatoms. The van der Waals surface area contributed by atoms with E-state index in [-0.39, 0.29) is 18.4 Å². The summed E-state index contributed by atoms with van der Waals surface area (Å²) in [7, 11) is 0. The van der Waals surface area contributed by atoms with Crippen molar-refractivity contribution >= 4 is 11.6 Å². The minimum Gasteiger partial charge on any atom is -0.478 e. The maximum absolute atomic E-state index is 12.3. The van der Waals surface area contributed by atoms with Gasteiger partial charge in [-0.1, -0.05) is 19.9 Å². The van der Waals surface area contributed by atoms with Crippen molar-refractivity contribution in [1.29, 1.82) is 5.26 Å². The average molecular weight is 259 g/mol. The minimum atomic E-state index is -0.547. The molecule has 1 aliphatic heterocycles. The average Bonchev–Trinajstić information content (AvgIpc) is 2.40. The van der Waals surface area contributed by atoms with Crippen molar-refractivity contribution in [2.45, 2.75) is 26.5 Å². The number of carbonyl (C=O) groups excluding carboxylic acids is 1. The summed E-state index contributed by atoms with van der Waals surface area (Å²) < 4.78 is 5.77. The molecule has 0 fully saturated rings. The molecule has 0 saturated carbocycles. The Balaban J connectivity index is 2.46. The Morgan fingerprint density at radius 2 is 2.26 bits per heavy atom. The van der Waals surface area contributed by atoms with Gasteiger partial charge < -0.3 is 10.5 Å². The number of fused-ring (bicyclic) bond motifs is 1. The van der Waals surface area contributed by atoms with Gasteiger partial charge in [0.15, 0.2) is 6.10 Å². The van der Waals surface area contributed by atoms with E-state index in [1.54, 1.807) is 6.07 Å².